The van der Waals surface area contributed by atoms with Crippen molar-refractivity contribution in [1.29, 1.82) is 0 Å². The number of hydrogen-bond acceptors (Lipinski definition) is 5. The zero-order chi connectivity index (χ0) is 20.7. The second-order valence-corrected chi connectivity index (χ2v) is 10.2. The monoisotopic (exact) mass is 426 g/mol. The number of guanidine groups is 1. The minimum atomic E-state index is -3.39. The highest BCUT2D eigenvalue weighted by Gasteiger charge is 2.19. The van der Waals surface area contributed by atoms with Gasteiger partial charge in [0, 0.05) is 44.3 Å². The summed E-state index contributed by atoms with van der Waals surface area (Å²) < 4.78 is 27.9. The Morgan fingerprint density at radius 1 is 1.29 bits per heavy atom. The molecule has 10 heteroatoms. The molecule has 0 fully saturated rings. The van der Waals surface area contributed by atoms with E-state index in [9.17, 15) is 8.42 Å². The number of thiophene rings is 1. The molecule has 0 saturated carbocycles. The standard InChI is InChI=1S/C18H30N6O2S2/c1-6-19-18(20-10-7-11-24-15(3)12-14(2)22-24)21-13-16-8-9-17(27-16)28(25,26)23(4)5/h8-9,12H,6-7,10-11,13H2,1-5H3,(H2,19,20,21). The van der Waals surface area contributed by atoms with Gasteiger partial charge in [0.05, 0.1) is 12.2 Å². The van der Waals surface area contributed by atoms with Crippen molar-refractivity contribution in [2.45, 2.75) is 44.5 Å². The maximum absolute atomic E-state index is 12.2. The molecule has 8 nitrogen and oxygen atoms in total. The van der Waals surface area contributed by atoms with Crippen LogP contribution >= 0.6 is 11.3 Å². The summed E-state index contributed by atoms with van der Waals surface area (Å²) in [6.45, 7) is 8.88. The van der Waals surface area contributed by atoms with Crippen LogP contribution in [0.1, 0.15) is 29.6 Å². The lowest BCUT2D eigenvalue weighted by atomic mass is 10.4. The van der Waals surface area contributed by atoms with Gasteiger partial charge in [-0.05, 0) is 45.4 Å². The zero-order valence-corrected chi connectivity index (χ0v) is 18.8. The highest BCUT2D eigenvalue weighted by Crippen LogP contribution is 2.24. The second kappa shape index (κ2) is 10.0. The first-order chi connectivity index (χ1) is 13.2. The molecule has 0 radical (unpaired) electrons. The third kappa shape index (κ3) is 6.05. The Morgan fingerprint density at radius 3 is 2.64 bits per heavy atom. The van der Waals surface area contributed by atoms with Gasteiger partial charge in [-0.15, -0.1) is 11.3 Å². The first-order valence-electron chi connectivity index (χ1n) is 9.28. The van der Waals surface area contributed by atoms with Gasteiger partial charge in [-0.2, -0.15) is 5.10 Å². The van der Waals surface area contributed by atoms with Crippen LogP contribution in [0.4, 0.5) is 0 Å². The fourth-order valence-electron chi connectivity index (χ4n) is 2.60. The van der Waals surface area contributed by atoms with Crippen LogP contribution < -0.4 is 10.6 Å². The fourth-order valence-corrected chi connectivity index (χ4v) is 5.05. The highest BCUT2D eigenvalue weighted by molar-refractivity contribution is 7.91. The summed E-state index contributed by atoms with van der Waals surface area (Å²) in [7, 11) is -0.319. The minimum absolute atomic E-state index is 0.338. The van der Waals surface area contributed by atoms with Crippen molar-refractivity contribution in [3.63, 3.8) is 0 Å². The Bertz CT molecular complexity index is 899. The average Bonchev–Trinajstić information content (AvgIpc) is 3.23. The quantitative estimate of drug-likeness (QED) is 0.363. The van der Waals surface area contributed by atoms with Gasteiger partial charge in [0.1, 0.15) is 4.21 Å². The first-order valence-corrected chi connectivity index (χ1v) is 11.5. The summed E-state index contributed by atoms with van der Waals surface area (Å²) in [4.78, 5) is 5.47. The molecule has 2 N–H and O–H groups in total. The second-order valence-electron chi connectivity index (χ2n) is 6.63. The van der Waals surface area contributed by atoms with Crippen LogP contribution in [0.5, 0.6) is 0 Å². The van der Waals surface area contributed by atoms with E-state index in [0.29, 0.717) is 10.8 Å². The Labute approximate surface area is 171 Å². The molecule has 0 aliphatic heterocycles. The molecule has 0 spiro atoms. The van der Waals surface area contributed by atoms with Crippen molar-refractivity contribution < 1.29 is 8.42 Å². The lowest BCUT2D eigenvalue weighted by Gasteiger charge is -2.11. The third-order valence-corrected chi connectivity index (χ3v) is 7.40. The summed E-state index contributed by atoms with van der Waals surface area (Å²) in [5.41, 5.74) is 2.20. The van der Waals surface area contributed by atoms with E-state index in [1.54, 1.807) is 6.07 Å². The summed E-state index contributed by atoms with van der Waals surface area (Å²) in [6, 6.07) is 5.53. The van der Waals surface area contributed by atoms with Crippen molar-refractivity contribution in [3.8, 4) is 0 Å². The topological polar surface area (TPSA) is 91.6 Å². The van der Waals surface area contributed by atoms with Crippen molar-refractivity contribution in [2.75, 3.05) is 27.2 Å². The minimum Gasteiger partial charge on any atom is -0.357 e. The first kappa shape index (κ1) is 22.4. The van der Waals surface area contributed by atoms with Crippen LogP contribution in [0, 0.1) is 13.8 Å². The number of hydrogen-bond donors (Lipinski definition) is 2. The van der Waals surface area contributed by atoms with Gasteiger partial charge in [-0.25, -0.2) is 17.7 Å². The average molecular weight is 427 g/mol. The van der Waals surface area contributed by atoms with Crippen LogP contribution in [-0.2, 0) is 23.1 Å². The van der Waals surface area contributed by atoms with Crippen LogP contribution in [-0.4, -0.2) is 55.6 Å². The van der Waals surface area contributed by atoms with Gasteiger partial charge >= 0.3 is 0 Å². The Hall–Kier alpha value is -1.91. The Balaban J connectivity index is 1.90. The molecule has 2 aromatic heterocycles. The fraction of sp³-hybridized carbons (Fsp3) is 0.556. The number of sulfonamides is 1. The summed E-state index contributed by atoms with van der Waals surface area (Å²) >= 11 is 1.25. The van der Waals surface area contributed by atoms with E-state index in [2.05, 4.69) is 33.7 Å². The number of aliphatic imine (C=N–C) groups is 1. The number of rotatable bonds is 9. The molecular weight excluding hydrogens is 396 g/mol. The van der Waals surface area contributed by atoms with Gasteiger partial charge < -0.3 is 10.6 Å². The molecule has 0 aromatic carbocycles. The van der Waals surface area contributed by atoms with E-state index in [4.69, 9.17) is 0 Å². The Morgan fingerprint density at radius 2 is 2.04 bits per heavy atom. The van der Waals surface area contributed by atoms with Crippen molar-refractivity contribution >= 4 is 27.3 Å². The molecule has 0 aliphatic carbocycles. The molecule has 2 rings (SSSR count). The highest BCUT2D eigenvalue weighted by atomic mass is 32.2. The maximum atomic E-state index is 12.2. The van der Waals surface area contributed by atoms with Crippen LogP contribution in [0.3, 0.4) is 0 Å². The van der Waals surface area contributed by atoms with E-state index in [0.717, 1.165) is 42.6 Å². The predicted octanol–water partition coefficient (Wildman–Crippen LogP) is 1.96. The van der Waals surface area contributed by atoms with Crippen molar-refractivity contribution in [2.24, 2.45) is 4.99 Å². The molecule has 0 amide bonds. The molecule has 0 bridgehead atoms. The molecule has 0 unspecified atom stereocenters. The van der Waals surface area contributed by atoms with Gasteiger partial charge in [-0.1, -0.05) is 0 Å². The van der Waals surface area contributed by atoms with E-state index in [-0.39, 0.29) is 0 Å². The summed E-state index contributed by atoms with van der Waals surface area (Å²) in [5.74, 6) is 0.723. The summed E-state index contributed by atoms with van der Waals surface area (Å²) in [6.07, 6.45) is 0.927. The smallest absolute Gasteiger partial charge is 0.252 e. The van der Waals surface area contributed by atoms with E-state index in [1.807, 2.05) is 24.6 Å². The summed E-state index contributed by atoms with van der Waals surface area (Å²) in [5, 5.41) is 11.0. The molecule has 2 heterocycles. The molecular formula is C18H30N6O2S2. The van der Waals surface area contributed by atoms with Gasteiger partial charge in [0.15, 0.2) is 5.96 Å². The number of nitrogens with one attached hydrogen (secondary N) is 2. The zero-order valence-electron chi connectivity index (χ0n) is 17.2. The lowest BCUT2D eigenvalue weighted by Crippen LogP contribution is -2.38. The van der Waals surface area contributed by atoms with Crippen molar-refractivity contribution in [1.82, 2.24) is 24.7 Å². The molecule has 0 atom stereocenters. The molecule has 0 aliphatic rings. The third-order valence-electron chi connectivity index (χ3n) is 4.05. The van der Waals surface area contributed by atoms with Crippen molar-refractivity contribution in [3.05, 3.63) is 34.5 Å². The van der Waals surface area contributed by atoms with Crippen LogP contribution in [0.25, 0.3) is 0 Å². The maximum Gasteiger partial charge on any atom is 0.252 e. The van der Waals surface area contributed by atoms with E-state index >= 15 is 0 Å². The number of aromatic nitrogens is 2. The Kier molecular flexibility index (Phi) is 8.02. The molecule has 0 saturated heterocycles. The number of nitrogens with zero attached hydrogens (tertiary/aromatic N) is 4. The van der Waals surface area contributed by atoms with Gasteiger partial charge in [0.2, 0.25) is 0 Å². The SMILES string of the molecule is CCNC(=NCc1ccc(S(=O)(=O)N(C)C)s1)NCCCn1nc(C)cc1C. The molecule has 28 heavy (non-hydrogen) atoms. The normalized spacial score (nSPS) is 12.6. The predicted molar refractivity (Wildman–Crippen MR) is 114 cm³/mol. The lowest BCUT2D eigenvalue weighted by molar-refractivity contribution is 0.523. The van der Waals surface area contributed by atoms with E-state index < -0.39 is 10.0 Å². The van der Waals surface area contributed by atoms with Crippen LogP contribution in [0.2, 0.25) is 0 Å². The largest absolute Gasteiger partial charge is 0.357 e. The van der Waals surface area contributed by atoms with Crippen LogP contribution in [0.15, 0.2) is 27.4 Å². The van der Waals surface area contributed by atoms with Gasteiger partial charge in [0.25, 0.3) is 10.0 Å². The van der Waals surface area contributed by atoms with Gasteiger partial charge in [-0.3, -0.25) is 4.68 Å². The molecule has 2 aromatic rings. The molecule has 156 valence electrons. The van der Waals surface area contributed by atoms with E-state index in [1.165, 1.54) is 35.4 Å². The number of aryl methyl sites for hydroxylation is 3.